The van der Waals surface area contributed by atoms with Crippen molar-refractivity contribution in [1.82, 2.24) is 25.1 Å². The van der Waals surface area contributed by atoms with Gasteiger partial charge in [-0.1, -0.05) is 30.2 Å². The van der Waals surface area contributed by atoms with Gasteiger partial charge in [0.1, 0.15) is 0 Å². The van der Waals surface area contributed by atoms with Crippen molar-refractivity contribution < 1.29 is 0 Å². The summed E-state index contributed by atoms with van der Waals surface area (Å²) in [6.45, 7) is 4.48. The molecule has 0 amide bonds. The number of nitrogens with zero attached hydrogens (tertiary/aromatic N) is 5. The zero-order valence-corrected chi connectivity index (χ0v) is 11.9. The van der Waals surface area contributed by atoms with E-state index >= 15 is 0 Å². The van der Waals surface area contributed by atoms with Crippen LogP contribution in [0.5, 0.6) is 0 Å². The quantitative estimate of drug-likeness (QED) is 0.915. The number of tetrazole rings is 1. The summed E-state index contributed by atoms with van der Waals surface area (Å²) in [5.41, 5.74) is 0.973. The summed E-state index contributed by atoms with van der Waals surface area (Å²) >= 11 is 0. The van der Waals surface area contributed by atoms with Crippen molar-refractivity contribution in [3.8, 4) is 5.69 Å². The first-order valence-corrected chi connectivity index (χ1v) is 7.03. The second-order valence-electron chi connectivity index (χ2n) is 5.53. The fraction of sp³-hybridized carbons (Fsp3) is 0.500. The highest BCUT2D eigenvalue weighted by molar-refractivity contribution is 5.39. The number of para-hydroxylation sites is 1. The SMILES string of the molecule is CC1CN(C)CCC1Nc1nnnn1-c1ccccc1. The molecule has 0 aliphatic carbocycles. The highest BCUT2D eigenvalue weighted by atomic mass is 15.6. The van der Waals surface area contributed by atoms with Gasteiger partial charge in [-0.05, 0) is 48.5 Å². The first kappa shape index (κ1) is 13.1. The molecule has 0 saturated carbocycles. The topological polar surface area (TPSA) is 58.9 Å². The van der Waals surface area contributed by atoms with E-state index in [1.807, 2.05) is 30.3 Å². The molecule has 0 spiro atoms. The van der Waals surface area contributed by atoms with E-state index in [0.717, 1.165) is 31.1 Å². The normalized spacial score (nSPS) is 23.7. The maximum Gasteiger partial charge on any atom is 0.247 e. The Labute approximate surface area is 118 Å². The average molecular weight is 272 g/mol. The minimum atomic E-state index is 0.416. The van der Waals surface area contributed by atoms with Crippen LogP contribution in [0.15, 0.2) is 30.3 Å². The van der Waals surface area contributed by atoms with Gasteiger partial charge in [-0.3, -0.25) is 0 Å². The number of hydrogen-bond acceptors (Lipinski definition) is 5. The number of aromatic nitrogens is 4. The summed E-state index contributed by atoms with van der Waals surface area (Å²) in [5.74, 6) is 1.30. The summed E-state index contributed by atoms with van der Waals surface area (Å²) in [6, 6.07) is 10.4. The maximum atomic E-state index is 4.12. The third kappa shape index (κ3) is 2.65. The fourth-order valence-electron chi connectivity index (χ4n) is 2.75. The molecule has 20 heavy (non-hydrogen) atoms. The molecular weight excluding hydrogens is 252 g/mol. The van der Waals surface area contributed by atoms with Crippen molar-refractivity contribution in [3.05, 3.63) is 30.3 Å². The van der Waals surface area contributed by atoms with E-state index in [1.54, 1.807) is 4.68 Å². The lowest BCUT2D eigenvalue weighted by Crippen LogP contribution is -2.43. The number of rotatable bonds is 3. The minimum Gasteiger partial charge on any atom is -0.350 e. The van der Waals surface area contributed by atoms with Gasteiger partial charge in [-0.15, -0.1) is 0 Å². The first-order chi connectivity index (χ1) is 9.74. The Hall–Kier alpha value is -1.95. The van der Waals surface area contributed by atoms with E-state index in [1.165, 1.54) is 0 Å². The highest BCUT2D eigenvalue weighted by Gasteiger charge is 2.25. The second-order valence-corrected chi connectivity index (χ2v) is 5.53. The summed E-state index contributed by atoms with van der Waals surface area (Å²) in [6.07, 6.45) is 1.11. The van der Waals surface area contributed by atoms with E-state index in [4.69, 9.17) is 0 Å². The monoisotopic (exact) mass is 272 g/mol. The van der Waals surface area contributed by atoms with Gasteiger partial charge in [0, 0.05) is 12.6 Å². The standard InChI is InChI=1S/C14H20N6/c1-11-10-19(2)9-8-13(11)15-14-16-17-18-20(14)12-6-4-3-5-7-12/h3-7,11,13H,8-10H2,1-2H3,(H,15,16,18). The van der Waals surface area contributed by atoms with E-state index < -0.39 is 0 Å². The van der Waals surface area contributed by atoms with Crippen molar-refractivity contribution in [2.75, 3.05) is 25.5 Å². The first-order valence-electron chi connectivity index (χ1n) is 7.03. The van der Waals surface area contributed by atoms with Crippen LogP contribution in [0.1, 0.15) is 13.3 Å². The molecular formula is C14H20N6. The molecule has 1 aromatic carbocycles. The number of likely N-dealkylation sites (tertiary alicyclic amines) is 1. The molecule has 1 aliphatic rings. The van der Waals surface area contributed by atoms with Crippen LogP contribution < -0.4 is 5.32 Å². The molecule has 1 aliphatic heterocycles. The second kappa shape index (κ2) is 5.58. The molecule has 6 nitrogen and oxygen atoms in total. The largest absolute Gasteiger partial charge is 0.350 e. The van der Waals surface area contributed by atoms with Crippen LogP contribution in [0.4, 0.5) is 5.95 Å². The van der Waals surface area contributed by atoms with Crippen molar-refractivity contribution in [2.24, 2.45) is 5.92 Å². The van der Waals surface area contributed by atoms with Crippen LogP contribution in [-0.2, 0) is 0 Å². The van der Waals surface area contributed by atoms with Gasteiger partial charge in [0.25, 0.3) is 0 Å². The third-order valence-corrected chi connectivity index (χ3v) is 3.89. The van der Waals surface area contributed by atoms with Crippen molar-refractivity contribution in [3.63, 3.8) is 0 Å². The third-order valence-electron chi connectivity index (χ3n) is 3.89. The highest BCUT2D eigenvalue weighted by Crippen LogP contribution is 2.20. The smallest absolute Gasteiger partial charge is 0.247 e. The van der Waals surface area contributed by atoms with Gasteiger partial charge in [0.05, 0.1) is 5.69 Å². The predicted octanol–water partition coefficient (Wildman–Crippen LogP) is 1.41. The minimum absolute atomic E-state index is 0.416. The molecule has 0 bridgehead atoms. The molecule has 2 unspecified atom stereocenters. The maximum absolute atomic E-state index is 4.12. The molecule has 1 saturated heterocycles. The molecule has 1 aromatic heterocycles. The Morgan fingerprint density at radius 2 is 2.05 bits per heavy atom. The van der Waals surface area contributed by atoms with Gasteiger partial charge in [-0.2, -0.15) is 4.68 Å². The molecule has 1 fully saturated rings. The predicted molar refractivity (Wildman–Crippen MR) is 77.8 cm³/mol. The van der Waals surface area contributed by atoms with E-state index in [-0.39, 0.29) is 0 Å². The van der Waals surface area contributed by atoms with Crippen LogP contribution in [0.2, 0.25) is 0 Å². The molecule has 2 atom stereocenters. The Bertz CT molecular complexity index is 552. The van der Waals surface area contributed by atoms with E-state index in [2.05, 4.69) is 39.7 Å². The number of anilines is 1. The summed E-state index contributed by atoms with van der Waals surface area (Å²) in [5, 5.41) is 15.5. The summed E-state index contributed by atoms with van der Waals surface area (Å²) in [4.78, 5) is 2.36. The number of benzene rings is 1. The Morgan fingerprint density at radius 1 is 1.25 bits per heavy atom. The van der Waals surface area contributed by atoms with Gasteiger partial charge < -0.3 is 10.2 Å². The Kier molecular flexibility index (Phi) is 3.64. The lowest BCUT2D eigenvalue weighted by atomic mass is 9.94. The van der Waals surface area contributed by atoms with Crippen LogP contribution in [0, 0.1) is 5.92 Å². The molecule has 2 heterocycles. The van der Waals surface area contributed by atoms with E-state index in [0.29, 0.717) is 12.0 Å². The molecule has 106 valence electrons. The van der Waals surface area contributed by atoms with Crippen molar-refractivity contribution >= 4 is 5.95 Å². The zero-order valence-electron chi connectivity index (χ0n) is 11.9. The van der Waals surface area contributed by atoms with Gasteiger partial charge >= 0.3 is 0 Å². The van der Waals surface area contributed by atoms with Crippen LogP contribution in [0.25, 0.3) is 5.69 Å². The van der Waals surface area contributed by atoms with Gasteiger partial charge in [-0.25, -0.2) is 0 Å². The molecule has 0 radical (unpaired) electrons. The lowest BCUT2D eigenvalue weighted by Gasteiger charge is -2.35. The molecule has 1 N–H and O–H groups in total. The summed E-state index contributed by atoms with van der Waals surface area (Å²) < 4.78 is 1.76. The lowest BCUT2D eigenvalue weighted by molar-refractivity contribution is 0.205. The van der Waals surface area contributed by atoms with Crippen LogP contribution in [0.3, 0.4) is 0 Å². The number of hydrogen-bond donors (Lipinski definition) is 1. The molecule has 2 aromatic rings. The van der Waals surface area contributed by atoms with Crippen LogP contribution in [-0.4, -0.2) is 51.3 Å². The van der Waals surface area contributed by atoms with Gasteiger partial charge in [0.2, 0.25) is 5.95 Å². The molecule has 6 heteroatoms. The zero-order chi connectivity index (χ0) is 13.9. The fourth-order valence-corrected chi connectivity index (χ4v) is 2.75. The molecule has 3 rings (SSSR count). The summed E-state index contributed by atoms with van der Waals surface area (Å²) in [7, 11) is 2.17. The Balaban J connectivity index is 1.77. The number of nitrogens with one attached hydrogen (secondary N) is 1. The number of piperidine rings is 1. The van der Waals surface area contributed by atoms with Gasteiger partial charge in [0.15, 0.2) is 0 Å². The van der Waals surface area contributed by atoms with Crippen molar-refractivity contribution in [1.29, 1.82) is 0 Å². The van der Waals surface area contributed by atoms with Crippen LogP contribution >= 0.6 is 0 Å². The average Bonchev–Trinajstić information content (AvgIpc) is 2.91. The Morgan fingerprint density at radius 3 is 2.80 bits per heavy atom. The van der Waals surface area contributed by atoms with E-state index in [9.17, 15) is 0 Å². The van der Waals surface area contributed by atoms with Crippen molar-refractivity contribution in [2.45, 2.75) is 19.4 Å².